The molecule has 0 atom stereocenters. The summed E-state index contributed by atoms with van der Waals surface area (Å²) in [5.41, 5.74) is 3.13. The van der Waals surface area contributed by atoms with Gasteiger partial charge >= 0.3 is 5.97 Å². The SMILES string of the molecule is COC(=O)c1cccc(CN2C(=O)COc3ccc(C)cc32)c1. The molecule has 118 valence electrons. The zero-order valence-corrected chi connectivity index (χ0v) is 13.0. The molecule has 1 aliphatic rings. The van der Waals surface area contributed by atoms with Crippen molar-refractivity contribution in [3.8, 4) is 5.75 Å². The van der Waals surface area contributed by atoms with Gasteiger partial charge in [0.1, 0.15) is 5.75 Å². The van der Waals surface area contributed by atoms with Gasteiger partial charge in [-0.3, -0.25) is 4.79 Å². The predicted molar refractivity (Wildman–Crippen MR) is 85.6 cm³/mol. The third-order valence-corrected chi connectivity index (χ3v) is 3.75. The Balaban J connectivity index is 1.92. The molecule has 0 saturated carbocycles. The summed E-state index contributed by atoms with van der Waals surface area (Å²) in [5.74, 6) is 0.197. The first-order valence-electron chi connectivity index (χ1n) is 7.29. The van der Waals surface area contributed by atoms with Crippen LogP contribution in [0.15, 0.2) is 42.5 Å². The number of aryl methyl sites for hydroxylation is 1. The molecule has 3 rings (SSSR count). The minimum Gasteiger partial charge on any atom is -0.482 e. The average Bonchev–Trinajstić information content (AvgIpc) is 2.57. The Morgan fingerprint density at radius 2 is 2.09 bits per heavy atom. The molecule has 1 heterocycles. The molecule has 2 aromatic carbocycles. The van der Waals surface area contributed by atoms with Crippen molar-refractivity contribution < 1.29 is 19.1 Å². The van der Waals surface area contributed by atoms with Gasteiger partial charge in [-0.15, -0.1) is 0 Å². The molecule has 2 aromatic rings. The summed E-state index contributed by atoms with van der Waals surface area (Å²) in [5, 5.41) is 0. The van der Waals surface area contributed by atoms with Crippen LogP contribution < -0.4 is 9.64 Å². The van der Waals surface area contributed by atoms with Crippen LogP contribution in [0.3, 0.4) is 0 Å². The fourth-order valence-corrected chi connectivity index (χ4v) is 2.58. The lowest BCUT2D eigenvalue weighted by molar-refractivity contribution is -0.121. The molecule has 1 aliphatic heterocycles. The maximum atomic E-state index is 12.3. The Hall–Kier alpha value is -2.82. The smallest absolute Gasteiger partial charge is 0.337 e. The monoisotopic (exact) mass is 311 g/mol. The predicted octanol–water partition coefficient (Wildman–Crippen LogP) is 2.71. The molecule has 0 radical (unpaired) electrons. The van der Waals surface area contributed by atoms with Crippen molar-refractivity contribution in [1.29, 1.82) is 0 Å². The number of esters is 1. The zero-order chi connectivity index (χ0) is 16.4. The molecule has 0 aliphatic carbocycles. The number of hydrogen-bond donors (Lipinski definition) is 0. The highest BCUT2D eigenvalue weighted by Crippen LogP contribution is 2.33. The van der Waals surface area contributed by atoms with Crippen molar-refractivity contribution in [2.24, 2.45) is 0 Å². The first-order chi connectivity index (χ1) is 11.1. The average molecular weight is 311 g/mol. The van der Waals surface area contributed by atoms with Crippen LogP contribution in [0.2, 0.25) is 0 Å². The Kier molecular flexibility index (Phi) is 4.02. The van der Waals surface area contributed by atoms with E-state index in [9.17, 15) is 9.59 Å². The second-order valence-electron chi connectivity index (χ2n) is 5.43. The van der Waals surface area contributed by atoms with E-state index in [4.69, 9.17) is 9.47 Å². The van der Waals surface area contributed by atoms with Gasteiger partial charge in [0.05, 0.1) is 24.9 Å². The molecule has 0 aromatic heterocycles. The standard InChI is InChI=1S/C18H17NO4/c1-12-6-7-16-15(8-12)19(17(20)11-23-16)10-13-4-3-5-14(9-13)18(21)22-2/h3-9H,10-11H2,1-2H3. The fraction of sp³-hybridized carbons (Fsp3) is 0.222. The molecular formula is C18H17NO4. The van der Waals surface area contributed by atoms with Gasteiger partial charge in [0.2, 0.25) is 0 Å². The Morgan fingerprint density at radius 1 is 1.26 bits per heavy atom. The third-order valence-electron chi connectivity index (χ3n) is 3.75. The van der Waals surface area contributed by atoms with Gasteiger partial charge in [-0.2, -0.15) is 0 Å². The number of fused-ring (bicyclic) bond motifs is 1. The maximum Gasteiger partial charge on any atom is 0.337 e. The summed E-state index contributed by atoms with van der Waals surface area (Å²) in [6, 6.07) is 12.8. The molecule has 0 N–H and O–H groups in total. The number of amides is 1. The quantitative estimate of drug-likeness (QED) is 0.818. The first-order valence-corrected chi connectivity index (χ1v) is 7.29. The summed E-state index contributed by atoms with van der Waals surface area (Å²) >= 11 is 0. The number of ether oxygens (including phenoxy) is 2. The van der Waals surface area contributed by atoms with Gasteiger partial charge in [-0.25, -0.2) is 4.79 Å². The van der Waals surface area contributed by atoms with Crippen LogP contribution >= 0.6 is 0 Å². The van der Waals surface area contributed by atoms with Crippen LogP contribution in [0, 0.1) is 6.92 Å². The molecule has 0 unspecified atom stereocenters. The molecule has 5 heteroatoms. The number of rotatable bonds is 3. The number of benzene rings is 2. The summed E-state index contributed by atoms with van der Waals surface area (Å²) in [7, 11) is 1.35. The molecule has 0 fully saturated rings. The van der Waals surface area contributed by atoms with Gasteiger partial charge < -0.3 is 14.4 Å². The van der Waals surface area contributed by atoms with Crippen LogP contribution in [-0.4, -0.2) is 25.6 Å². The lowest BCUT2D eigenvalue weighted by Gasteiger charge is -2.29. The number of carbonyl (C=O) groups excluding carboxylic acids is 2. The van der Waals surface area contributed by atoms with E-state index >= 15 is 0 Å². The highest BCUT2D eigenvalue weighted by atomic mass is 16.5. The number of anilines is 1. The lowest BCUT2D eigenvalue weighted by atomic mass is 10.1. The number of carbonyl (C=O) groups is 2. The number of methoxy groups -OCH3 is 1. The van der Waals surface area contributed by atoms with E-state index in [1.165, 1.54) is 7.11 Å². The van der Waals surface area contributed by atoms with Crippen LogP contribution in [0.5, 0.6) is 5.75 Å². The van der Waals surface area contributed by atoms with E-state index in [-0.39, 0.29) is 12.5 Å². The molecule has 0 bridgehead atoms. The van der Waals surface area contributed by atoms with Crippen molar-refractivity contribution in [1.82, 2.24) is 0 Å². The van der Waals surface area contributed by atoms with Crippen molar-refractivity contribution in [3.05, 3.63) is 59.2 Å². The highest BCUT2D eigenvalue weighted by Gasteiger charge is 2.25. The molecule has 0 saturated heterocycles. The van der Waals surface area contributed by atoms with Crippen LogP contribution in [0.1, 0.15) is 21.5 Å². The first kappa shape index (κ1) is 15.1. The lowest BCUT2D eigenvalue weighted by Crippen LogP contribution is -2.38. The Bertz CT molecular complexity index is 769. The highest BCUT2D eigenvalue weighted by molar-refractivity contribution is 5.98. The number of hydrogen-bond acceptors (Lipinski definition) is 4. The molecule has 1 amide bonds. The molecule has 5 nitrogen and oxygen atoms in total. The Morgan fingerprint density at radius 3 is 2.87 bits per heavy atom. The van der Waals surface area contributed by atoms with Crippen LogP contribution in [0.25, 0.3) is 0 Å². The van der Waals surface area contributed by atoms with Gasteiger partial charge in [0.15, 0.2) is 6.61 Å². The van der Waals surface area contributed by atoms with E-state index in [2.05, 4.69) is 0 Å². The fourth-order valence-electron chi connectivity index (χ4n) is 2.58. The van der Waals surface area contributed by atoms with Crippen molar-refractivity contribution in [2.75, 3.05) is 18.6 Å². The van der Waals surface area contributed by atoms with Crippen LogP contribution in [0.4, 0.5) is 5.69 Å². The van der Waals surface area contributed by atoms with Gasteiger partial charge in [-0.1, -0.05) is 18.2 Å². The summed E-state index contributed by atoms with van der Waals surface area (Å²) in [4.78, 5) is 25.6. The molecular weight excluding hydrogens is 294 g/mol. The summed E-state index contributed by atoms with van der Waals surface area (Å²) in [6.45, 7) is 2.37. The van der Waals surface area contributed by atoms with E-state index < -0.39 is 5.97 Å². The van der Waals surface area contributed by atoms with E-state index in [1.807, 2.05) is 31.2 Å². The van der Waals surface area contributed by atoms with Crippen molar-refractivity contribution >= 4 is 17.6 Å². The van der Waals surface area contributed by atoms with Crippen LogP contribution in [-0.2, 0) is 16.1 Å². The maximum absolute atomic E-state index is 12.3. The molecule has 23 heavy (non-hydrogen) atoms. The second kappa shape index (κ2) is 6.12. The van der Waals surface area contributed by atoms with E-state index in [0.29, 0.717) is 17.9 Å². The van der Waals surface area contributed by atoms with Gasteiger partial charge in [0.25, 0.3) is 5.91 Å². The van der Waals surface area contributed by atoms with E-state index in [1.54, 1.807) is 23.1 Å². The summed E-state index contributed by atoms with van der Waals surface area (Å²) < 4.78 is 10.2. The third kappa shape index (κ3) is 3.04. The minimum atomic E-state index is -0.392. The van der Waals surface area contributed by atoms with Crippen molar-refractivity contribution in [2.45, 2.75) is 13.5 Å². The van der Waals surface area contributed by atoms with E-state index in [0.717, 1.165) is 16.8 Å². The normalized spacial score (nSPS) is 13.3. The molecule has 0 spiro atoms. The van der Waals surface area contributed by atoms with Crippen molar-refractivity contribution in [3.63, 3.8) is 0 Å². The van der Waals surface area contributed by atoms with Gasteiger partial charge in [0, 0.05) is 0 Å². The second-order valence-corrected chi connectivity index (χ2v) is 5.43. The summed E-state index contributed by atoms with van der Waals surface area (Å²) in [6.07, 6.45) is 0. The topological polar surface area (TPSA) is 55.8 Å². The Labute approximate surface area is 134 Å². The minimum absolute atomic E-state index is 0.0206. The number of nitrogens with zero attached hydrogens (tertiary/aromatic N) is 1. The van der Waals surface area contributed by atoms with Gasteiger partial charge in [-0.05, 0) is 42.3 Å². The largest absolute Gasteiger partial charge is 0.482 e. The zero-order valence-electron chi connectivity index (χ0n) is 13.0.